The Labute approximate surface area is 159 Å². The number of aryl methyl sites for hydroxylation is 1. The molecule has 0 saturated carbocycles. The molecule has 27 heavy (non-hydrogen) atoms. The molecule has 0 atom stereocenters. The highest BCUT2D eigenvalue weighted by atomic mass is 32.1. The normalized spacial score (nSPS) is 14.6. The quantitative estimate of drug-likeness (QED) is 0.717. The summed E-state index contributed by atoms with van der Waals surface area (Å²) in [4.78, 5) is 25.5. The van der Waals surface area contributed by atoms with E-state index in [0.29, 0.717) is 5.56 Å². The maximum absolute atomic E-state index is 13.5. The van der Waals surface area contributed by atoms with Crippen molar-refractivity contribution in [2.45, 2.75) is 26.2 Å². The number of halogens is 2. The zero-order valence-corrected chi connectivity index (χ0v) is 15.6. The first-order valence-corrected chi connectivity index (χ1v) is 9.61. The number of fused-ring (bicyclic) bond motifs is 1. The summed E-state index contributed by atoms with van der Waals surface area (Å²) in [6.45, 7) is 3.64. The third kappa shape index (κ3) is 3.37. The Kier molecular flexibility index (Phi) is 4.73. The average molecular weight is 388 g/mol. The number of hydrogen-bond acceptors (Lipinski definition) is 5. The van der Waals surface area contributed by atoms with Crippen LogP contribution in [0.25, 0.3) is 10.2 Å². The van der Waals surface area contributed by atoms with Gasteiger partial charge in [-0.1, -0.05) is 0 Å². The molecule has 1 saturated heterocycles. The van der Waals surface area contributed by atoms with Crippen LogP contribution >= 0.6 is 11.3 Å². The number of carbonyl (C=O) groups excluding carboxylic acids is 1. The minimum atomic E-state index is -1.00. The Morgan fingerprint density at radius 1 is 1.15 bits per heavy atom. The van der Waals surface area contributed by atoms with Gasteiger partial charge in [0.15, 0.2) is 11.6 Å². The lowest BCUT2D eigenvalue weighted by Gasteiger charge is -2.28. The SMILES string of the molecule is Cc1sc2ncnc(N3CCCCC3)c2c1C(=O)Nc1ccc(F)c(F)c1. The third-order valence-corrected chi connectivity index (χ3v) is 5.72. The molecule has 4 rings (SSSR count). The van der Waals surface area contributed by atoms with Gasteiger partial charge in [0.25, 0.3) is 5.91 Å². The highest BCUT2D eigenvalue weighted by molar-refractivity contribution is 7.19. The molecule has 8 heteroatoms. The van der Waals surface area contributed by atoms with Crippen LogP contribution in [-0.2, 0) is 0 Å². The number of amides is 1. The summed E-state index contributed by atoms with van der Waals surface area (Å²) in [5.74, 6) is -1.57. The lowest BCUT2D eigenvalue weighted by Crippen LogP contribution is -2.30. The van der Waals surface area contributed by atoms with Gasteiger partial charge in [-0.2, -0.15) is 0 Å². The summed E-state index contributed by atoms with van der Waals surface area (Å²) in [6, 6.07) is 3.30. The number of aromatic nitrogens is 2. The van der Waals surface area contributed by atoms with Crippen LogP contribution in [-0.4, -0.2) is 29.0 Å². The smallest absolute Gasteiger partial charge is 0.257 e. The van der Waals surface area contributed by atoms with Crippen LogP contribution in [0.15, 0.2) is 24.5 Å². The van der Waals surface area contributed by atoms with E-state index in [4.69, 9.17) is 0 Å². The fourth-order valence-corrected chi connectivity index (χ4v) is 4.40. The van der Waals surface area contributed by atoms with Gasteiger partial charge in [-0.25, -0.2) is 18.7 Å². The zero-order valence-electron chi connectivity index (χ0n) is 14.8. The van der Waals surface area contributed by atoms with E-state index in [1.807, 2.05) is 6.92 Å². The lowest BCUT2D eigenvalue weighted by atomic mass is 10.1. The molecule has 1 fully saturated rings. The number of benzene rings is 1. The first-order valence-electron chi connectivity index (χ1n) is 8.80. The van der Waals surface area contributed by atoms with Crippen LogP contribution in [0.3, 0.4) is 0 Å². The molecule has 0 radical (unpaired) electrons. The standard InChI is InChI=1S/C19H18F2N4OS/c1-11-15(18(26)24-12-5-6-13(20)14(21)9-12)16-17(22-10-23-19(16)27-11)25-7-3-2-4-8-25/h5-6,9-10H,2-4,7-8H2,1H3,(H,24,26). The van der Waals surface area contributed by atoms with E-state index in [9.17, 15) is 13.6 Å². The first kappa shape index (κ1) is 17.8. The van der Waals surface area contributed by atoms with Crippen LogP contribution in [0.2, 0.25) is 0 Å². The molecule has 1 aromatic carbocycles. The number of rotatable bonds is 3. The fourth-order valence-electron chi connectivity index (χ4n) is 3.42. The number of nitrogens with zero attached hydrogens (tertiary/aromatic N) is 3. The van der Waals surface area contributed by atoms with Crippen LogP contribution in [0.4, 0.5) is 20.3 Å². The van der Waals surface area contributed by atoms with Gasteiger partial charge < -0.3 is 10.2 Å². The topological polar surface area (TPSA) is 58.1 Å². The van der Waals surface area contributed by atoms with Crippen LogP contribution < -0.4 is 10.2 Å². The Morgan fingerprint density at radius 3 is 2.67 bits per heavy atom. The Balaban J connectivity index is 1.74. The molecular formula is C19H18F2N4OS. The molecule has 0 aliphatic carbocycles. The van der Waals surface area contributed by atoms with Gasteiger partial charge in [0, 0.05) is 29.7 Å². The van der Waals surface area contributed by atoms with Crippen molar-refractivity contribution in [1.29, 1.82) is 0 Å². The summed E-state index contributed by atoms with van der Waals surface area (Å²) in [5, 5.41) is 3.39. The van der Waals surface area contributed by atoms with E-state index >= 15 is 0 Å². The minimum absolute atomic E-state index is 0.203. The highest BCUT2D eigenvalue weighted by Crippen LogP contribution is 2.36. The van der Waals surface area contributed by atoms with Crippen molar-refractivity contribution in [3.05, 3.63) is 46.6 Å². The molecule has 140 valence electrons. The number of carbonyl (C=O) groups is 1. The second-order valence-electron chi connectivity index (χ2n) is 6.54. The van der Waals surface area contributed by atoms with Crippen LogP contribution in [0, 0.1) is 18.6 Å². The first-order chi connectivity index (χ1) is 13.0. The summed E-state index contributed by atoms with van der Waals surface area (Å²) < 4.78 is 26.6. The Hall–Kier alpha value is -2.61. The Bertz CT molecular complexity index is 1010. The second-order valence-corrected chi connectivity index (χ2v) is 7.74. The average Bonchev–Trinajstić information content (AvgIpc) is 3.01. The van der Waals surface area contributed by atoms with E-state index in [-0.39, 0.29) is 11.6 Å². The zero-order chi connectivity index (χ0) is 19.0. The molecule has 2 aromatic heterocycles. The predicted molar refractivity (Wildman–Crippen MR) is 103 cm³/mol. The van der Waals surface area contributed by atoms with Crippen molar-refractivity contribution >= 4 is 39.0 Å². The summed E-state index contributed by atoms with van der Waals surface area (Å²) in [6.07, 6.45) is 4.89. The van der Waals surface area contributed by atoms with E-state index in [1.54, 1.807) is 0 Å². The van der Waals surface area contributed by atoms with Crippen molar-refractivity contribution < 1.29 is 13.6 Å². The number of anilines is 2. The fraction of sp³-hybridized carbons (Fsp3) is 0.316. The molecule has 0 bridgehead atoms. The van der Waals surface area contributed by atoms with E-state index in [2.05, 4.69) is 20.2 Å². The summed E-state index contributed by atoms with van der Waals surface area (Å²) in [7, 11) is 0. The van der Waals surface area contributed by atoms with Gasteiger partial charge in [0.2, 0.25) is 0 Å². The maximum atomic E-state index is 13.5. The number of hydrogen-bond donors (Lipinski definition) is 1. The molecule has 0 unspecified atom stereocenters. The molecule has 5 nitrogen and oxygen atoms in total. The minimum Gasteiger partial charge on any atom is -0.356 e. The van der Waals surface area contributed by atoms with Crippen molar-refractivity contribution in [3.63, 3.8) is 0 Å². The van der Waals surface area contributed by atoms with Crippen molar-refractivity contribution in [1.82, 2.24) is 9.97 Å². The molecule has 3 aromatic rings. The van der Waals surface area contributed by atoms with Crippen LogP contribution in [0.5, 0.6) is 0 Å². The summed E-state index contributed by atoms with van der Waals surface area (Å²) >= 11 is 1.43. The molecule has 1 aliphatic rings. The molecule has 0 spiro atoms. The van der Waals surface area contributed by atoms with Crippen molar-refractivity contribution in [2.75, 3.05) is 23.3 Å². The maximum Gasteiger partial charge on any atom is 0.257 e. The molecule has 1 N–H and O–H groups in total. The number of nitrogens with one attached hydrogen (secondary N) is 1. The monoisotopic (exact) mass is 388 g/mol. The molecule has 3 heterocycles. The van der Waals surface area contributed by atoms with Gasteiger partial charge in [-0.3, -0.25) is 4.79 Å². The third-order valence-electron chi connectivity index (χ3n) is 4.70. The molecular weight excluding hydrogens is 370 g/mol. The van der Waals surface area contributed by atoms with Gasteiger partial charge >= 0.3 is 0 Å². The largest absolute Gasteiger partial charge is 0.356 e. The predicted octanol–water partition coefficient (Wildman–Crippen LogP) is 4.52. The van der Waals surface area contributed by atoms with Crippen molar-refractivity contribution in [2.24, 2.45) is 0 Å². The van der Waals surface area contributed by atoms with E-state index in [0.717, 1.165) is 59.0 Å². The highest BCUT2D eigenvalue weighted by Gasteiger charge is 2.24. The molecule has 1 amide bonds. The van der Waals surface area contributed by atoms with E-state index in [1.165, 1.54) is 30.2 Å². The second kappa shape index (κ2) is 7.19. The van der Waals surface area contributed by atoms with E-state index < -0.39 is 11.6 Å². The number of piperidine rings is 1. The molecule has 1 aliphatic heterocycles. The van der Waals surface area contributed by atoms with Gasteiger partial charge in [-0.05, 0) is 38.3 Å². The number of thiophene rings is 1. The lowest BCUT2D eigenvalue weighted by molar-refractivity contribution is 0.102. The van der Waals surface area contributed by atoms with Gasteiger partial charge in [0.1, 0.15) is 17.0 Å². The van der Waals surface area contributed by atoms with Crippen LogP contribution in [0.1, 0.15) is 34.5 Å². The van der Waals surface area contributed by atoms with Gasteiger partial charge in [-0.15, -0.1) is 11.3 Å². The Morgan fingerprint density at radius 2 is 1.93 bits per heavy atom. The summed E-state index contributed by atoms with van der Waals surface area (Å²) in [5.41, 5.74) is 0.690. The van der Waals surface area contributed by atoms with Gasteiger partial charge in [0.05, 0.1) is 10.9 Å². The van der Waals surface area contributed by atoms with Crippen molar-refractivity contribution in [3.8, 4) is 0 Å².